The Labute approximate surface area is 188 Å². The van der Waals surface area contributed by atoms with Gasteiger partial charge in [-0.2, -0.15) is 0 Å². The minimum Gasteiger partial charge on any atom is -0.505 e. The van der Waals surface area contributed by atoms with Crippen molar-refractivity contribution in [1.29, 1.82) is 0 Å². The highest BCUT2D eigenvalue weighted by Crippen LogP contribution is 2.36. The van der Waals surface area contributed by atoms with Crippen molar-refractivity contribution in [3.05, 3.63) is 64.1 Å². The van der Waals surface area contributed by atoms with E-state index >= 15 is 0 Å². The molecular weight excluding hydrogens is 439 g/mol. The number of carbonyl (C=O) groups is 3. The lowest BCUT2D eigenvalue weighted by atomic mass is 9.95. The summed E-state index contributed by atoms with van der Waals surface area (Å²) >= 11 is 5.90. The van der Waals surface area contributed by atoms with Gasteiger partial charge in [0.1, 0.15) is 5.54 Å². The molecule has 1 unspecified atom stereocenters. The zero-order valence-corrected chi connectivity index (χ0v) is 18.6. The summed E-state index contributed by atoms with van der Waals surface area (Å²) in [7, 11) is 0. The molecule has 3 rings (SSSR count). The zero-order valence-electron chi connectivity index (χ0n) is 17.9. The zero-order chi connectivity index (χ0) is 24.0. The van der Waals surface area contributed by atoms with Crippen LogP contribution in [0.4, 0.5) is 4.39 Å². The molecule has 0 aliphatic heterocycles. The van der Waals surface area contributed by atoms with Crippen molar-refractivity contribution in [3.8, 4) is 5.75 Å². The molecule has 0 saturated carbocycles. The third-order valence-electron chi connectivity index (χ3n) is 5.41. The summed E-state index contributed by atoms with van der Waals surface area (Å²) in [5.74, 6) is -4.74. The minimum absolute atomic E-state index is 0.171. The number of carbonyl (C=O) groups excluding carboxylic acids is 2. The quantitative estimate of drug-likeness (QED) is 0.528. The van der Waals surface area contributed by atoms with Crippen molar-refractivity contribution in [2.24, 2.45) is 0 Å². The standard InChI is InChI=1S/C23H22ClFN2O5/c1-11(20(29)26-23(3,4)22(31)32)19-12(2)27(17-10-16(25)18(28)9-15(17)19)21(30)13-5-7-14(24)8-6-13/h5-11,28H,1-4H3,(H,26,29)(H,31,32). The molecule has 0 aliphatic carbocycles. The fourth-order valence-corrected chi connectivity index (χ4v) is 3.70. The van der Waals surface area contributed by atoms with E-state index in [1.165, 1.54) is 30.5 Å². The number of phenolic OH excluding ortho intramolecular Hbond substituents is 1. The van der Waals surface area contributed by atoms with Gasteiger partial charge in [0.05, 0.1) is 11.4 Å². The van der Waals surface area contributed by atoms with Gasteiger partial charge in [-0.25, -0.2) is 9.18 Å². The summed E-state index contributed by atoms with van der Waals surface area (Å²) in [6, 6.07) is 8.34. The first-order valence-corrected chi connectivity index (χ1v) is 10.1. The number of carboxylic acids is 1. The van der Waals surface area contributed by atoms with Crippen LogP contribution in [-0.4, -0.2) is 38.1 Å². The fraction of sp³-hybridized carbons (Fsp3) is 0.261. The average molecular weight is 461 g/mol. The number of benzene rings is 2. The van der Waals surface area contributed by atoms with Crippen molar-refractivity contribution in [1.82, 2.24) is 9.88 Å². The molecule has 2 aromatic carbocycles. The van der Waals surface area contributed by atoms with Crippen LogP contribution in [0.2, 0.25) is 5.02 Å². The first-order chi connectivity index (χ1) is 14.8. The van der Waals surface area contributed by atoms with Crippen molar-refractivity contribution < 1.29 is 29.0 Å². The Hall–Kier alpha value is -3.39. The number of phenols is 1. The van der Waals surface area contributed by atoms with Crippen LogP contribution in [0.5, 0.6) is 5.75 Å². The molecule has 168 valence electrons. The molecule has 0 fully saturated rings. The SMILES string of the molecule is Cc1c(C(C)C(=O)NC(C)(C)C(=O)O)c2cc(O)c(F)cc2n1C(=O)c1ccc(Cl)cc1. The Kier molecular flexibility index (Phi) is 6.02. The number of hydrogen-bond acceptors (Lipinski definition) is 4. The van der Waals surface area contributed by atoms with Gasteiger partial charge < -0.3 is 15.5 Å². The van der Waals surface area contributed by atoms with Crippen LogP contribution in [0.25, 0.3) is 10.9 Å². The van der Waals surface area contributed by atoms with Crippen molar-refractivity contribution in [3.63, 3.8) is 0 Å². The van der Waals surface area contributed by atoms with E-state index in [0.717, 1.165) is 12.1 Å². The topological polar surface area (TPSA) is 109 Å². The van der Waals surface area contributed by atoms with Crippen LogP contribution in [0.15, 0.2) is 36.4 Å². The molecule has 0 radical (unpaired) electrons. The first-order valence-electron chi connectivity index (χ1n) is 9.74. The van der Waals surface area contributed by atoms with E-state index < -0.39 is 40.8 Å². The van der Waals surface area contributed by atoms with Crippen LogP contribution in [-0.2, 0) is 9.59 Å². The molecule has 32 heavy (non-hydrogen) atoms. The molecule has 1 atom stereocenters. The molecule has 0 bridgehead atoms. The highest BCUT2D eigenvalue weighted by Gasteiger charge is 2.33. The van der Waals surface area contributed by atoms with Gasteiger partial charge in [0.2, 0.25) is 5.91 Å². The minimum atomic E-state index is -1.52. The molecule has 9 heteroatoms. The fourth-order valence-electron chi connectivity index (χ4n) is 3.58. The Morgan fingerprint density at radius 3 is 2.31 bits per heavy atom. The van der Waals surface area contributed by atoms with Gasteiger partial charge in [-0.3, -0.25) is 14.2 Å². The lowest BCUT2D eigenvalue weighted by Crippen LogP contribution is -2.50. The number of aliphatic carboxylic acids is 1. The number of carboxylic acid groups (broad SMARTS) is 1. The van der Waals surface area contributed by atoms with Gasteiger partial charge in [0.15, 0.2) is 11.6 Å². The number of aromatic hydroxyl groups is 1. The third-order valence-corrected chi connectivity index (χ3v) is 5.66. The first kappa shape index (κ1) is 23.3. The van der Waals surface area contributed by atoms with Crippen molar-refractivity contribution in [2.45, 2.75) is 39.2 Å². The molecule has 0 spiro atoms. The third kappa shape index (κ3) is 4.05. The second-order valence-corrected chi connectivity index (χ2v) is 8.54. The second kappa shape index (κ2) is 8.27. The van der Waals surface area contributed by atoms with E-state index in [1.807, 2.05) is 0 Å². The molecular formula is C23H22ClFN2O5. The number of halogens is 2. The van der Waals surface area contributed by atoms with Crippen LogP contribution >= 0.6 is 11.6 Å². The Morgan fingerprint density at radius 1 is 1.16 bits per heavy atom. The predicted molar refractivity (Wildman–Crippen MR) is 118 cm³/mol. The predicted octanol–water partition coefficient (Wildman–Crippen LogP) is 4.22. The molecule has 0 aliphatic rings. The maximum Gasteiger partial charge on any atom is 0.328 e. The normalized spacial score (nSPS) is 12.6. The Bertz CT molecular complexity index is 1250. The van der Waals surface area contributed by atoms with Gasteiger partial charge in [0, 0.05) is 27.7 Å². The average Bonchev–Trinajstić information content (AvgIpc) is 2.98. The van der Waals surface area contributed by atoms with E-state index in [9.17, 15) is 29.0 Å². The number of nitrogens with one attached hydrogen (secondary N) is 1. The van der Waals surface area contributed by atoms with Crippen LogP contribution in [0, 0.1) is 12.7 Å². The number of hydrogen-bond donors (Lipinski definition) is 3. The van der Waals surface area contributed by atoms with Crippen LogP contribution in [0.3, 0.4) is 0 Å². The Morgan fingerprint density at radius 2 is 1.75 bits per heavy atom. The highest BCUT2D eigenvalue weighted by atomic mass is 35.5. The molecule has 0 saturated heterocycles. The maximum atomic E-state index is 14.2. The summed E-state index contributed by atoms with van der Waals surface area (Å²) in [5, 5.41) is 22.5. The monoisotopic (exact) mass is 460 g/mol. The second-order valence-electron chi connectivity index (χ2n) is 8.11. The summed E-state index contributed by atoms with van der Waals surface area (Å²) in [5.41, 5.74) is -0.328. The van der Waals surface area contributed by atoms with E-state index in [1.54, 1.807) is 26.0 Å². The lowest BCUT2D eigenvalue weighted by Gasteiger charge is -2.23. The van der Waals surface area contributed by atoms with E-state index in [2.05, 4.69) is 5.32 Å². The van der Waals surface area contributed by atoms with Gasteiger partial charge in [0.25, 0.3) is 5.91 Å². The van der Waals surface area contributed by atoms with Crippen LogP contribution in [0.1, 0.15) is 48.3 Å². The number of rotatable bonds is 5. The van der Waals surface area contributed by atoms with Gasteiger partial charge >= 0.3 is 5.97 Å². The number of aromatic nitrogens is 1. The van der Waals surface area contributed by atoms with Gasteiger partial charge in [-0.05, 0) is 63.6 Å². The number of amides is 1. The Balaban J connectivity index is 2.19. The van der Waals surface area contributed by atoms with E-state index in [4.69, 9.17) is 11.6 Å². The van der Waals surface area contributed by atoms with E-state index in [0.29, 0.717) is 27.2 Å². The molecule has 1 amide bonds. The molecule has 3 aromatic rings. The van der Waals surface area contributed by atoms with E-state index in [-0.39, 0.29) is 5.52 Å². The maximum absolute atomic E-state index is 14.2. The summed E-state index contributed by atoms with van der Waals surface area (Å²) in [6.45, 7) is 5.85. The summed E-state index contributed by atoms with van der Waals surface area (Å²) in [4.78, 5) is 37.6. The highest BCUT2D eigenvalue weighted by molar-refractivity contribution is 6.30. The lowest BCUT2D eigenvalue weighted by molar-refractivity contribution is -0.146. The molecule has 1 heterocycles. The van der Waals surface area contributed by atoms with Crippen LogP contribution < -0.4 is 5.32 Å². The molecule has 1 aromatic heterocycles. The smallest absolute Gasteiger partial charge is 0.328 e. The number of nitrogens with zero attached hydrogens (tertiary/aromatic N) is 1. The van der Waals surface area contributed by atoms with Gasteiger partial charge in [-0.15, -0.1) is 0 Å². The van der Waals surface area contributed by atoms with Crippen molar-refractivity contribution >= 4 is 40.3 Å². The summed E-state index contributed by atoms with van der Waals surface area (Å²) in [6.07, 6.45) is 0. The largest absolute Gasteiger partial charge is 0.505 e. The summed E-state index contributed by atoms with van der Waals surface area (Å²) < 4.78 is 15.5. The molecule has 3 N–H and O–H groups in total. The van der Waals surface area contributed by atoms with Crippen molar-refractivity contribution in [2.75, 3.05) is 0 Å². The number of fused-ring (bicyclic) bond motifs is 1. The molecule has 7 nitrogen and oxygen atoms in total. The van der Waals surface area contributed by atoms with Gasteiger partial charge in [-0.1, -0.05) is 11.6 Å².